The summed E-state index contributed by atoms with van der Waals surface area (Å²) in [7, 11) is 0. The fourth-order valence-electron chi connectivity index (χ4n) is 2.48. The van der Waals surface area contributed by atoms with Gasteiger partial charge in [0.15, 0.2) is 0 Å². The molecule has 0 unspecified atom stereocenters. The third-order valence-electron chi connectivity index (χ3n) is 3.96. The molecule has 0 atom stereocenters. The van der Waals surface area contributed by atoms with Gasteiger partial charge in [0.05, 0.1) is 0 Å². The number of rotatable bonds is 6. The van der Waals surface area contributed by atoms with Crippen molar-refractivity contribution < 1.29 is 4.39 Å². The molecule has 2 nitrogen and oxygen atoms in total. The van der Waals surface area contributed by atoms with Crippen molar-refractivity contribution in [3.8, 4) is 0 Å². The highest BCUT2D eigenvalue weighted by Gasteiger charge is 2.33. The van der Waals surface area contributed by atoms with Crippen molar-refractivity contribution in [2.45, 2.75) is 38.3 Å². The van der Waals surface area contributed by atoms with E-state index in [9.17, 15) is 4.39 Å². The summed E-state index contributed by atoms with van der Waals surface area (Å²) in [6, 6.07) is 5.60. The first kappa shape index (κ1) is 13.0. The summed E-state index contributed by atoms with van der Waals surface area (Å²) in [5, 5.41) is 0. The standard InChI is InChI=1S/C15H19FN2S/c16-14-6-3-11(15(17)19)7-12(14)9-18(13-4-5-13)8-10-1-2-10/h3,6-7,10,13H,1-2,4-5,8-9H2,(H2,17,19). The zero-order chi connectivity index (χ0) is 13.4. The van der Waals surface area contributed by atoms with Crippen molar-refractivity contribution >= 4 is 17.2 Å². The van der Waals surface area contributed by atoms with E-state index >= 15 is 0 Å². The Hall–Kier alpha value is -1.00. The van der Waals surface area contributed by atoms with Gasteiger partial charge >= 0.3 is 0 Å². The molecule has 0 aromatic heterocycles. The number of nitrogens with two attached hydrogens (primary N) is 1. The highest BCUT2D eigenvalue weighted by Crippen LogP contribution is 2.35. The van der Waals surface area contributed by atoms with Crippen LogP contribution in [0.2, 0.25) is 0 Å². The van der Waals surface area contributed by atoms with E-state index in [1.165, 1.54) is 31.7 Å². The quantitative estimate of drug-likeness (QED) is 0.811. The largest absolute Gasteiger partial charge is 0.389 e. The van der Waals surface area contributed by atoms with Gasteiger partial charge in [-0.1, -0.05) is 12.2 Å². The van der Waals surface area contributed by atoms with Crippen LogP contribution in [0.15, 0.2) is 18.2 Å². The maximum absolute atomic E-state index is 13.9. The molecule has 2 N–H and O–H groups in total. The lowest BCUT2D eigenvalue weighted by atomic mass is 10.1. The Morgan fingerprint density at radius 1 is 1.32 bits per heavy atom. The van der Waals surface area contributed by atoms with E-state index in [1.54, 1.807) is 12.1 Å². The van der Waals surface area contributed by atoms with Gasteiger partial charge < -0.3 is 5.73 Å². The minimum atomic E-state index is -0.151. The lowest BCUT2D eigenvalue weighted by Crippen LogP contribution is -2.28. The van der Waals surface area contributed by atoms with E-state index in [1.807, 2.05) is 0 Å². The molecule has 4 heteroatoms. The van der Waals surface area contributed by atoms with E-state index in [0.717, 1.165) is 23.6 Å². The molecule has 0 bridgehead atoms. The van der Waals surface area contributed by atoms with Crippen LogP contribution in [0.3, 0.4) is 0 Å². The van der Waals surface area contributed by atoms with Gasteiger partial charge in [-0.2, -0.15) is 0 Å². The predicted octanol–water partition coefficient (Wildman–Crippen LogP) is 2.83. The fraction of sp³-hybridized carbons (Fsp3) is 0.533. The number of hydrogen-bond donors (Lipinski definition) is 1. The van der Waals surface area contributed by atoms with Crippen molar-refractivity contribution in [2.75, 3.05) is 6.54 Å². The van der Waals surface area contributed by atoms with E-state index in [4.69, 9.17) is 18.0 Å². The molecule has 0 spiro atoms. The summed E-state index contributed by atoms with van der Waals surface area (Å²) in [4.78, 5) is 2.76. The Bertz CT molecular complexity index is 495. The smallest absolute Gasteiger partial charge is 0.127 e. The molecule has 2 aliphatic carbocycles. The SMILES string of the molecule is NC(=S)c1ccc(F)c(CN(CC2CC2)C2CC2)c1. The average Bonchev–Trinajstić information content (AvgIpc) is 3.24. The van der Waals surface area contributed by atoms with Gasteiger partial charge in [0.1, 0.15) is 10.8 Å². The first-order chi connectivity index (χ1) is 9.13. The van der Waals surface area contributed by atoms with Gasteiger partial charge in [-0.05, 0) is 49.8 Å². The van der Waals surface area contributed by atoms with Crippen molar-refractivity contribution in [1.82, 2.24) is 4.90 Å². The Labute approximate surface area is 118 Å². The van der Waals surface area contributed by atoms with E-state index in [-0.39, 0.29) is 5.82 Å². The zero-order valence-electron chi connectivity index (χ0n) is 10.9. The first-order valence-electron chi connectivity index (χ1n) is 6.96. The van der Waals surface area contributed by atoms with Crippen LogP contribution in [-0.4, -0.2) is 22.5 Å². The lowest BCUT2D eigenvalue weighted by molar-refractivity contribution is 0.241. The molecule has 3 rings (SSSR count). The highest BCUT2D eigenvalue weighted by molar-refractivity contribution is 7.80. The second kappa shape index (κ2) is 5.17. The monoisotopic (exact) mass is 278 g/mol. The summed E-state index contributed by atoms with van der Waals surface area (Å²) in [6.07, 6.45) is 5.17. The maximum atomic E-state index is 13.9. The topological polar surface area (TPSA) is 29.3 Å². The van der Waals surface area contributed by atoms with Crippen molar-refractivity contribution in [3.63, 3.8) is 0 Å². The van der Waals surface area contributed by atoms with Gasteiger partial charge in [-0.15, -0.1) is 0 Å². The number of benzene rings is 1. The van der Waals surface area contributed by atoms with Crippen LogP contribution in [0.1, 0.15) is 36.8 Å². The van der Waals surface area contributed by atoms with E-state index in [0.29, 0.717) is 17.6 Å². The number of halogens is 1. The van der Waals surface area contributed by atoms with Crippen LogP contribution in [0.25, 0.3) is 0 Å². The van der Waals surface area contributed by atoms with Gasteiger partial charge in [-0.25, -0.2) is 4.39 Å². The van der Waals surface area contributed by atoms with Gasteiger partial charge in [0.2, 0.25) is 0 Å². The predicted molar refractivity (Wildman–Crippen MR) is 78.4 cm³/mol. The molecule has 0 saturated heterocycles. The van der Waals surface area contributed by atoms with Crippen LogP contribution in [-0.2, 0) is 6.54 Å². The Kier molecular flexibility index (Phi) is 3.54. The summed E-state index contributed by atoms with van der Waals surface area (Å²) in [5.41, 5.74) is 7.10. The summed E-state index contributed by atoms with van der Waals surface area (Å²) in [5.74, 6) is 0.684. The molecule has 0 amide bonds. The molecular weight excluding hydrogens is 259 g/mol. The third kappa shape index (κ3) is 3.31. The molecule has 2 saturated carbocycles. The van der Waals surface area contributed by atoms with Crippen molar-refractivity contribution in [3.05, 3.63) is 35.1 Å². The molecule has 1 aromatic carbocycles. The number of hydrogen-bond acceptors (Lipinski definition) is 2. The normalized spacial score (nSPS) is 18.8. The summed E-state index contributed by atoms with van der Waals surface area (Å²) < 4.78 is 13.9. The zero-order valence-corrected chi connectivity index (χ0v) is 11.8. The van der Waals surface area contributed by atoms with Crippen LogP contribution in [0.4, 0.5) is 4.39 Å². The van der Waals surface area contributed by atoms with Gasteiger partial charge in [0.25, 0.3) is 0 Å². The molecule has 102 valence electrons. The Morgan fingerprint density at radius 3 is 2.63 bits per heavy atom. The molecule has 1 aromatic rings. The second-order valence-electron chi connectivity index (χ2n) is 5.77. The minimum Gasteiger partial charge on any atom is -0.389 e. The van der Waals surface area contributed by atoms with Gasteiger partial charge in [0, 0.05) is 30.3 Å². The maximum Gasteiger partial charge on any atom is 0.127 e. The Balaban J connectivity index is 1.75. The Morgan fingerprint density at radius 2 is 2.05 bits per heavy atom. The summed E-state index contributed by atoms with van der Waals surface area (Å²) >= 11 is 4.96. The van der Waals surface area contributed by atoms with Crippen LogP contribution in [0.5, 0.6) is 0 Å². The van der Waals surface area contributed by atoms with Crippen LogP contribution >= 0.6 is 12.2 Å². The van der Waals surface area contributed by atoms with Crippen LogP contribution < -0.4 is 5.73 Å². The lowest BCUT2D eigenvalue weighted by Gasteiger charge is -2.22. The molecule has 0 heterocycles. The third-order valence-corrected chi connectivity index (χ3v) is 4.19. The van der Waals surface area contributed by atoms with Gasteiger partial charge in [-0.3, -0.25) is 4.90 Å². The number of thiocarbonyl (C=S) groups is 1. The molecular formula is C15H19FN2S. The molecule has 0 aliphatic heterocycles. The molecule has 19 heavy (non-hydrogen) atoms. The minimum absolute atomic E-state index is 0.151. The van der Waals surface area contributed by atoms with Crippen LogP contribution in [0, 0.1) is 11.7 Å². The highest BCUT2D eigenvalue weighted by atomic mass is 32.1. The average molecular weight is 278 g/mol. The van der Waals surface area contributed by atoms with Crippen molar-refractivity contribution in [1.29, 1.82) is 0 Å². The van der Waals surface area contributed by atoms with E-state index in [2.05, 4.69) is 4.90 Å². The first-order valence-corrected chi connectivity index (χ1v) is 7.36. The fourth-order valence-corrected chi connectivity index (χ4v) is 2.61. The van der Waals surface area contributed by atoms with E-state index < -0.39 is 0 Å². The molecule has 2 fully saturated rings. The molecule has 2 aliphatic rings. The summed E-state index contributed by atoms with van der Waals surface area (Å²) in [6.45, 7) is 1.80. The number of nitrogens with zero attached hydrogens (tertiary/aromatic N) is 1. The molecule has 0 radical (unpaired) electrons. The van der Waals surface area contributed by atoms with Crippen molar-refractivity contribution in [2.24, 2.45) is 11.7 Å². The second-order valence-corrected chi connectivity index (χ2v) is 6.21.